The van der Waals surface area contributed by atoms with Crippen molar-refractivity contribution in [3.8, 4) is 11.4 Å². The molecule has 5 nitrogen and oxygen atoms in total. The largest absolute Gasteiger partial charge is 0.382 e. The van der Waals surface area contributed by atoms with Crippen LogP contribution < -0.4 is 10.6 Å². The number of pyridine rings is 1. The van der Waals surface area contributed by atoms with E-state index < -0.39 is 0 Å². The Balaban J connectivity index is 1.85. The fraction of sp³-hybridized carbons (Fsp3) is 0.333. The number of aromatic nitrogens is 3. The van der Waals surface area contributed by atoms with Gasteiger partial charge in [0.1, 0.15) is 5.82 Å². The van der Waals surface area contributed by atoms with E-state index in [2.05, 4.69) is 54.7 Å². The van der Waals surface area contributed by atoms with E-state index in [4.69, 9.17) is 4.98 Å². The maximum atomic E-state index is 4.80. The van der Waals surface area contributed by atoms with Crippen LogP contribution in [0.25, 0.3) is 11.4 Å². The molecule has 2 heterocycles. The Bertz CT molecular complexity index is 846. The van der Waals surface area contributed by atoms with Crippen molar-refractivity contribution in [2.24, 2.45) is 5.41 Å². The number of nitrogens with one attached hydrogen (secondary N) is 2. The molecule has 136 valence electrons. The van der Waals surface area contributed by atoms with Crippen molar-refractivity contribution in [2.75, 3.05) is 24.2 Å². The summed E-state index contributed by atoms with van der Waals surface area (Å²) in [6.07, 6.45) is 1.82. The van der Waals surface area contributed by atoms with Gasteiger partial charge < -0.3 is 10.6 Å². The number of benzene rings is 1. The Morgan fingerprint density at radius 2 is 1.77 bits per heavy atom. The van der Waals surface area contributed by atoms with Crippen molar-refractivity contribution >= 4 is 11.5 Å². The second-order valence-electron chi connectivity index (χ2n) is 7.62. The van der Waals surface area contributed by atoms with Gasteiger partial charge in [0.05, 0.1) is 23.6 Å². The average molecular weight is 349 g/mol. The van der Waals surface area contributed by atoms with Crippen LogP contribution in [0.1, 0.15) is 26.3 Å². The lowest BCUT2D eigenvalue weighted by molar-refractivity contribution is 0.443. The zero-order valence-electron chi connectivity index (χ0n) is 16.0. The lowest BCUT2D eigenvalue weighted by atomic mass is 9.97. The van der Waals surface area contributed by atoms with E-state index in [-0.39, 0.29) is 5.41 Å². The maximum Gasteiger partial charge on any atom is 0.149 e. The SMILES string of the molecule is CNc1nc(-c2ccnn2Cc2ccccc2)ccc1NCC(C)(C)C. The zero-order chi connectivity index (χ0) is 18.6. The molecule has 3 rings (SSSR count). The summed E-state index contributed by atoms with van der Waals surface area (Å²) in [5.74, 6) is 0.846. The van der Waals surface area contributed by atoms with Crippen LogP contribution in [0.2, 0.25) is 0 Å². The number of nitrogens with zero attached hydrogens (tertiary/aromatic N) is 3. The van der Waals surface area contributed by atoms with Gasteiger partial charge >= 0.3 is 0 Å². The molecular formula is C21H27N5. The molecule has 2 aromatic heterocycles. The van der Waals surface area contributed by atoms with E-state index in [1.165, 1.54) is 5.56 Å². The van der Waals surface area contributed by atoms with Crippen LogP contribution in [0.5, 0.6) is 0 Å². The van der Waals surface area contributed by atoms with E-state index in [9.17, 15) is 0 Å². The Kier molecular flexibility index (Phi) is 5.26. The van der Waals surface area contributed by atoms with Crippen LogP contribution in [0.15, 0.2) is 54.7 Å². The Hall–Kier alpha value is -2.82. The second-order valence-corrected chi connectivity index (χ2v) is 7.62. The van der Waals surface area contributed by atoms with E-state index in [1.54, 1.807) is 0 Å². The van der Waals surface area contributed by atoms with Gasteiger partial charge in [-0.1, -0.05) is 51.1 Å². The van der Waals surface area contributed by atoms with E-state index >= 15 is 0 Å². The van der Waals surface area contributed by atoms with Crippen LogP contribution in [-0.2, 0) is 6.54 Å². The summed E-state index contributed by atoms with van der Waals surface area (Å²) in [5, 5.41) is 11.2. The minimum absolute atomic E-state index is 0.206. The van der Waals surface area contributed by atoms with Crippen LogP contribution in [-0.4, -0.2) is 28.4 Å². The topological polar surface area (TPSA) is 54.8 Å². The van der Waals surface area contributed by atoms with Crippen LogP contribution >= 0.6 is 0 Å². The molecule has 0 aliphatic heterocycles. The second kappa shape index (κ2) is 7.60. The lowest BCUT2D eigenvalue weighted by Crippen LogP contribution is -2.19. The third kappa shape index (κ3) is 4.42. The number of hydrogen-bond acceptors (Lipinski definition) is 4. The predicted molar refractivity (Wildman–Crippen MR) is 108 cm³/mol. The summed E-state index contributed by atoms with van der Waals surface area (Å²) in [6, 6.07) is 16.5. The van der Waals surface area contributed by atoms with Gasteiger partial charge in [0, 0.05) is 19.8 Å². The van der Waals surface area contributed by atoms with Crippen molar-refractivity contribution in [1.82, 2.24) is 14.8 Å². The van der Waals surface area contributed by atoms with Gasteiger partial charge in [-0.05, 0) is 29.2 Å². The first kappa shape index (κ1) is 18.0. The van der Waals surface area contributed by atoms with Gasteiger partial charge in [0.15, 0.2) is 0 Å². The predicted octanol–water partition coefficient (Wildman–Crippen LogP) is 4.49. The molecule has 0 saturated carbocycles. The zero-order valence-corrected chi connectivity index (χ0v) is 16.0. The maximum absolute atomic E-state index is 4.80. The van der Waals surface area contributed by atoms with E-state index in [1.807, 2.05) is 48.3 Å². The standard InChI is InChI=1S/C21H27N5/c1-21(2,3)15-23-18-11-10-17(25-20(18)22-4)19-12-13-24-26(19)14-16-8-6-5-7-9-16/h5-13,23H,14-15H2,1-4H3,(H,22,25). The molecular weight excluding hydrogens is 322 g/mol. The molecule has 0 bridgehead atoms. The highest BCUT2D eigenvalue weighted by Gasteiger charge is 2.14. The van der Waals surface area contributed by atoms with Gasteiger partial charge in [-0.25, -0.2) is 4.98 Å². The van der Waals surface area contributed by atoms with Crippen molar-refractivity contribution in [3.63, 3.8) is 0 Å². The molecule has 0 unspecified atom stereocenters. The summed E-state index contributed by atoms with van der Waals surface area (Å²) < 4.78 is 1.99. The molecule has 5 heteroatoms. The van der Waals surface area contributed by atoms with Gasteiger partial charge in [-0.15, -0.1) is 0 Å². The first-order valence-electron chi connectivity index (χ1n) is 8.95. The average Bonchev–Trinajstić information content (AvgIpc) is 3.08. The minimum atomic E-state index is 0.206. The smallest absolute Gasteiger partial charge is 0.149 e. The summed E-state index contributed by atoms with van der Waals surface area (Å²) in [7, 11) is 1.90. The highest BCUT2D eigenvalue weighted by atomic mass is 15.3. The third-order valence-electron chi connectivity index (χ3n) is 4.10. The van der Waals surface area contributed by atoms with Crippen LogP contribution in [0.4, 0.5) is 11.5 Å². The third-order valence-corrected chi connectivity index (χ3v) is 4.10. The minimum Gasteiger partial charge on any atom is -0.382 e. The summed E-state index contributed by atoms with van der Waals surface area (Å²) in [4.78, 5) is 4.80. The summed E-state index contributed by atoms with van der Waals surface area (Å²) in [6.45, 7) is 8.24. The molecule has 2 N–H and O–H groups in total. The van der Waals surface area contributed by atoms with Crippen LogP contribution in [0.3, 0.4) is 0 Å². The Morgan fingerprint density at radius 3 is 2.46 bits per heavy atom. The molecule has 0 aliphatic rings. The molecule has 0 amide bonds. The van der Waals surface area contributed by atoms with Crippen molar-refractivity contribution in [2.45, 2.75) is 27.3 Å². The van der Waals surface area contributed by atoms with E-state index in [0.717, 1.165) is 36.0 Å². The highest BCUT2D eigenvalue weighted by Crippen LogP contribution is 2.26. The molecule has 0 spiro atoms. The van der Waals surface area contributed by atoms with Crippen LogP contribution in [0, 0.1) is 5.41 Å². The van der Waals surface area contributed by atoms with Gasteiger partial charge in [-0.2, -0.15) is 5.10 Å². The molecule has 1 aromatic carbocycles. The molecule has 0 saturated heterocycles. The number of rotatable bonds is 6. The first-order valence-corrected chi connectivity index (χ1v) is 8.95. The van der Waals surface area contributed by atoms with Crippen molar-refractivity contribution < 1.29 is 0 Å². The van der Waals surface area contributed by atoms with Crippen molar-refractivity contribution in [3.05, 3.63) is 60.3 Å². The summed E-state index contributed by atoms with van der Waals surface area (Å²) >= 11 is 0. The van der Waals surface area contributed by atoms with Gasteiger partial charge in [0.25, 0.3) is 0 Å². The summed E-state index contributed by atoms with van der Waals surface area (Å²) in [5.41, 5.74) is 4.35. The molecule has 0 aliphatic carbocycles. The monoisotopic (exact) mass is 349 g/mol. The quantitative estimate of drug-likeness (QED) is 0.688. The normalized spacial score (nSPS) is 11.4. The lowest BCUT2D eigenvalue weighted by Gasteiger charge is -2.21. The Labute approximate surface area is 155 Å². The fourth-order valence-corrected chi connectivity index (χ4v) is 2.73. The molecule has 0 fully saturated rings. The first-order chi connectivity index (χ1) is 12.5. The van der Waals surface area contributed by atoms with Crippen molar-refractivity contribution in [1.29, 1.82) is 0 Å². The molecule has 3 aromatic rings. The molecule has 0 radical (unpaired) electrons. The highest BCUT2D eigenvalue weighted by molar-refractivity contribution is 5.69. The molecule has 0 atom stereocenters. The van der Waals surface area contributed by atoms with E-state index in [0.29, 0.717) is 0 Å². The Morgan fingerprint density at radius 1 is 1.00 bits per heavy atom. The molecule has 26 heavy (non-hydrogen) atoms. The van der Waals surface area contributed by atoms with Gasteiger partial charge in [-0.3, -0.25) is 4.68 Å². The van der Waals surface area contributed by atoms with Gasteiger partial charge in [0.2, 0.25) is 0 Å². The number of hydrogen-bond donors (Lipinski definition) is 2. The number of anilines is 2. The fourth-order valence-electron chi connectivity index (χ4n) is 2.73.